The minimum Gasteiger partial charge on any atom is -0.383 e. The summed E-state index contributed by atoms with van der Waals surface area (Å²) in [6.07, 6.45) is 1.64. The van der Waals surface area contributed by atoms with Crippen molar-refractivity contribution in [3.05, 3.63) is 59.2 Å². The second-order valence-electron chi connectivity index (χ2n) is 6.07. The summed E-state index contributed by atoms with van der Waals surface area (Å²) in [6, 6.07) is 14.8. The van der Waals surface area contributed by atoms with Crippen molar-refractivity contribution in [1.29, 1.82) is 0 Å². The van der Waals surface area contributed by atoms with E-state index >= 15 is 0 Å². The Bertz CT molecular complexity index is 1030. The molecule has 0 unspecified atom stereocenters. The minimum atomic E-state index is 0.795. The van der Waals surface area contributed by atoms with Crippen LogP contribution in [0.5, 0.6) is 0 Å². The van der Waals surface area contributed by atoms with E-state index in [9.17, 15) is 0 Å². The van der Waals surface area contributed by atoms with Gasteiger partial charge in [0.05, 0.1) is 5.39 Å². The summed E-state index contributed by atoms with van der Waals surface area (Å²) in [4.78, 5) is 11.2. The maximum atomic E-state index is 4.43. The SMILES string of the molecule is Cc1sc2ncnc(NCCNc3cccc4ccccc34)c2c1C. The second-order valence-corrected chi connectivity index (χ2v) is 7.27. The second kappa shape index (κ2) is 6.69. The molecule has 0 bridgehead atoms. The van der Waals surface area contributed by atoms with Crippen molar-refractivity contribution in [2.45, 2.75) is 13.8 Å². The van der Waals surface area contributed by atoms with Crippen molar-refractivity contribution >= 4 is 43.8 Å². The molecule has 0 radical (unpaired) electrons. The highest BCUT2D eigenvalue weighted by Gasteiger charge is 2.11. The fourth-order valence-corrected chi connectivity index (χ4v) is 4.07. The van der Waals surface area contributed by atoms with Crippen molar-refractivity contribution in [1.82, 2.24) is 9.97 Å². The number of hydrogen-bond donors (Lipinski definition) is 2. The van der Waals surface area contributed by atoms with Crippen LogP contribution in [0, 0.1) is 13.8 Å². The molecular weight excluding hydrogens is 328 g/mol. The van der Waals surface area contributed by atoms with Gasteiger partial charge >= 0.3 is 0 Å². The van der Waals surface area contributed by atoms with Crippen LogP contribution in [0.25, 0.3) is 21.0 Å². The van der Waals surface area contributed by atoms with E-state index in [-0.39, 0.29) is 0 Å². The molecule has 2 heterocycles. The lowest BCUT2D eigenvalue weighted by atomic mass is 10.1. The standard InChI is InChI=1S/C20H20N4S/c1-13-14(2)25-20-18(13)19(23-12-24-20)22-11-10-21-17-9-5-7-15-6-3-4-8-16(15)17/h3-9,12,21H,10-11H2,1-2H3,(H,22,23,24). The highest BCUT2D eigenvalue weighted by atomic mass is 32.1. The van der Waals surface area contributed by atoms with E-state index in [0.717, 1.165) is 34.8 Å². The minimum absolute atomic E-state index is 0.795. The van der Waals surface area contributed by atoms with E-state index in [1.54, 1.807) is 17.7 Å². The number of aryl methyl sites for hydroxylation is 2. The van der Waals surface area contributed by atoms with E-state index in [1.165, 1.54) is 21.2 Å². The van der Waals surface area contributed by atoms with Crippen molar-refractivity contribution in [2.75, 3.05) is 23.7 Å². The van der Waals surface area contributed by atoms with Gasteiger partial charge in [0.2, 0.25) is 0 Å². The normalized spacial score (nSPS) is 11.1. The number of fused-ring (bicyclic) bond motifs is 2. The van der Waals surface area contributed by atoms with Gasteiger partial charge in [-0.25, -0.2) is 9.97 Å². The molecule has 0 saturated carbocycles. The molecule has 2 aromatic heterocycles. The zero-order valence-electron chi connectivity index (χ0n) is 14.3. The summed E-state index contributed by atoms with van der Waals surface area (Å²) in [5, 5.41) is 10.6. The Hall–Kier alpha value is -2.66. The number of aromatic nitrogens is 2. The molecule has 2 N–H and O–H groups in total. The summed E-state index contributed by atoms with van der Waals surface area (Å²) in [5.74, 6) is 0.923. The number of benzene rings is 2. The molecule has 0 fully saturated rings. The topological polar surface area (TPSA) is 49.8 Å². The molecule has 0 aliphatic rings. The fraction of sp³-hybridized carbons (Fsp3) is 0.200. The highest BCUT2D eigenvalue weighted by Crippen LogP contribution is 2.32. The smallest absolute Gasteiger partial charge is 0.138 e. The van der Waals surface area contributed by atoms with Crippen molar-refractivity contribution < 1.29 is 0 Å². The summed E-state index contributed by atoms with van der Waals surface area (Å²) in [7, 11) is 0. The molecular formula is C20H20N4S. The molecule has 0 aliphatic carbocycles. The average molecular weight is 348 g/mol. The molecule has 5 heteroatoms. The third-order valence-electron chi connectivity index (χ3n) is 4.49. The number of thiophene rings is 1. The monoisotopic (exact) mass is 348 g/mol. The molecule has 0 spiro atoms. The average Bonchev–Trinajstić information content (AvgIpc) is 2.94. The maximum absolute atomic E-state index is 4.43. The van der Waals surface area contributed by atoms with E-state index in [2.05, 4.69) is 76.9 Å². The number of hydrogen-bond acceptors (Lipinski definition) is 5. The Morgan fingerprint density at radius 2 is 1.72 bits per heavy atom. The van der Waals surface area contributed by atoms with Crippen LogP contribution in [0.4, 0.5) is 11.5 Å². The van der Waals surface area contributed by atoms with Gasteiger partial charge in [0.25, 0.3) is 0 Å². The molecule has 0 aliphatic heterocycles. The Labute approximate surface area is 150 Å². The number of nitrogens with zero attached hydrogens (tertiary/aromatic N) is 2. The molecule has 25 heavy (non-hydrogen) atoms. The van der Waals surface area contributed by atoms with E-state index < -0.39 is 0 Å². The third-order valence-corrected chi connectivity index (χ3v) is 5.60. The fourth-order valence-electron chi connectivity index (χ4n) is 3.07. The van der Waals surface area contributed by atoms with Crippen LogP contribution in [0.15, 0.2) is 48.8 Å². The summed E-state index contributed by atoms with van der Waals surface area (Å²) in [6.45, 7) is 5.88. The summed E-state index contributed by atoms with van der Waals surface area (Å²) >= 11 is 1.72. The molecule has 126 valence electrons. The number of nitrogens with one attached hydrogen (secondary N) is 2. The summed E-state index contributed by atoms with van der Waals surface area (Å²) < 4.78 is 0. The van der Waals surface area contributed by atoms with Crippen LogP contribution in [-0.4, -0.2) is 23.1 Å². The van der Waals surface area contributed by atoms with Gasteiger partial charge in [0.1, 0.15) is 17.0 Å². The van der Waals surface area contributed by atoms with Crippen molar-refractivity contribution in [3.8, 4) is 0 Å². The van der Waals surface area contributed by atoms with Crippen LogP contribution in [0.2, 0.25) is 0 Å². The van der Waals surface area contributed by atoms with Gasteiger partial charge in [-0.2, -0.15) is 0 Å². The lowest BCUT2D eigenvalue weighted by Gasteiger charge is -2.11. The number of anilines is 2. The molecule has 4 rings (SSSR count). The molecule has 0 atom stereocenters. The van der Waals surface area contributed by atoms with Crippen LogP contribution in [-0.2, 0) is 0 Å². The van der Waals surface area contributed by atoms with Gasteiger partial charge in [-0.1, -0.05) is 36.4 Å². The number of rotatable bonds is 5. The zero-order valence-corrected chi connectivity index (χ0v) is 15.2. The van der Waals surface area contributed by atoms with Crippen molar-refractivity contribution in [2.24, 2.45) is 0 Å². The van der Waals surface area contributed by atoms with Gasteiger partial charge in [-0.15, -0.1) is 11.3 Å². The molecule has 0 amide bonds. The van der Waals surface area contributed by atoms with E-state index in [1.807, 2.05) is 0 Å². The molecule has 2 aromatic carbocycles. The lowest BCUT2D eigenvalue weighted by Crippen LogP contribution is -2.14. The van der Waals surface area contributed by atoms with Gasteiger partial charge in [-0.05, 0) is 30.9 Å². The van der Waals surface area contributed by atoms with Crippen LogP contribution in [0.1, 0.15) is 10.4 Å². The van der Waals surface area contributed by atoms with Crippen LogP contribution >= 0.6 is 11.3 Å². The zero-order chi connectivity index (χ0) is 17.2. The summed E-state index contributed by atoms with van der Waals surface area (Å²) in [5.41, 5.74) is 2.43. The van der Waals surface area contributed by atoms with Gasteiger partial charge in [0.15, 0.2) is 0 Å². The first kappa shape index (κ1) is 15.8. The first-order valence-electron chi connectivity index (χ1n) is 8.40. The first-order chi connectivity index (χ1) is 12.2. The largest absolute Gasteiger partial charge is 0.383 e. The molecule has 4 nitrogen and oxygen atoms in total. The lowest BCUT2D eigenvalue weighted by molar-refractivity contribution is 1.06. The maximum Gasteiger partial charge on any atom is 0.138 e. The molecule has 4 aromatic rings. The van der Waals surface area contributed by atoms with Gasteiger partial charge in [-0.3, -0.25) is 0 Å². The third kappa shape index (κ3) is 3.03. The molecule has 0 saturated heterocycles. The van der Waals surface area contributed by atoms with Gasteiger partial charge < -0.3 is 10.6 Å². The highest BCUT2D eigenvalue weighted by molar-refractivity contribution is 7.18. The predicted molar refractivity (Wildman–Crippen MR) is 108 cm³/mol. The Balaban J connectivity index is 1.46. The van der Waals surface area contributed by atoms with Crippen LogP contribution in [0.3, 0.4) is 0 Å². The Kier molecular flexibility index (Phi) is 4.24. The first-order valence-corrected chi connectivity index (χ1v) is 9.22. The quantitative estimate of drug-likeness (QED) is 0.499. The van der Waals surface area contributed by atoms with Crippen molar-refractivity contribution in [3.63, 3.8) is 0 Å². The van der Waals surface area contributed by atoms with E-state index in [0.29, 0.717) is 0 Å². The van der Waals surface area contributed by atoms with E-state index in [4.69, 9.17) is 0 Å². The predicted octanol–water partition coefficient (Wildman–Crippen LogP) is 4.99. The Morgan fingerprint density at radius 1 is 0.920 bits per heavy atom. The Morgan fingerprint density at radius 3 is 2.64 bits per heavy atom. The van der Waals surface area contributed by atoms with Gasteiger partial charge in [0, 0.05) is 29.0 Å². The van der Waals surface area contributed by atoms with Crippen LogP contribution < -0.4 is 10.6 Å².